The third-order valence-electron chi connectivity index (χ3n) is 4.39. The van der Waals surface area contributed by atoms with E-state index in [0.717, 1.165) is 28.0 Å². The van der Waals surface area contributed by atoms with Crippen molar-refractivity contribution >= 4 is 5.97 Å². The minimum atomic E-state index is -0.305. The van der Waals surface area contributed by atoms with Crippen LogP contribution in [-0.4, -0.2) is 31.6 Å². The van der Waals surface area contributed by atoms with Gasteiger partial charge < -0.3 is 19.3 Å². The summed E-state index contributed by atoms with van der Waals surface area (Å²) in [7, 11) is 1.58. The summed E-state index contributed by atoms with van der Waals surface area (Å²) in [5.41, 5.74) is 3.57. The topological polar surface area (TPSA) is 65.0 Å². The van der Waals surface area contributed by atoms with Crippen molar-refractivity contribution in [1.82, 2.24) is 0 Å². The van der Waals surface area contributed by atoms with Gasteiger partial charge in [0.25, 0.3) is 0 Å². The molecule has 0 saturated heterocycles. The van der Waals surface area contributed by atoms with Gasteiger partial charge in [0.15, 0.2) is 6.79 Å². The number of hydrogen-bond acceptors (Lipinski definition) is 5. The molecule has 5 heteroatoms. The number of methoxy groups -OCH3 is 1. The van der Waals surface area contributed by atoms with Gasteiger partial charge >= 0.3 is 5.97 Å². The van der Waals surface area contributed by atoms with E-state index in [0.29, 0.717) is 25.0 Å². The first-order chi connectivity index (χ1) is 10.8. The van der Waals surface area contributed by atoms with Gasteiger partial charge in [0, 0.05) is 30.3 Å². The second kappa shape index (κ2) is 6.89. The second-order valence-electron chi connectivity index (χ2n) is 6.67. The van der Waals surface area contributed by atoms with Crippen molar-refractivity contribution in [3.8, 4) is 11.5 Å². The van der Waals surface area contributed by atoms with Crippen LogP contribution >= 0.6 is 0 Å². The predicted molar refractivity (Wildman–Crippen MR) is 87.1 cm³/mol. The Hall–Kier alpha value is -1.59. The molecular weight excluding hydrogens is 296 g/mol. The number of aliphatic hydroxyl groups is 1. The van der Waals surface area contributed by atoms with E-state index >= 15 is 0 Å². The average Bonchev–Trinajstić information content (AvgIpc) is 2.46. The van der Waals surface area contributed by atoms with Crippen LogP contribution in [0.15, 0.2) is 0 Å². The molecule has 0 aliphatic carbocycles. The number of esters is 1. The Kier molecular flexibility index (Phi) is 5.32. The lowest BCUT2D eigenvalue weighted by Crippen LogP contribution is -2.32. The molecule has 1 aromatic carbocycles. The van der Waals surface area contributed by atoms with Crippen molar-refractivity contribution in [2.45, 2.75) is 52.4 Å². The molecule has 0 bridgehead atoms. The molecular formula is C18H26O5. The van der Waals surface area contributed by atoms with E-state index in [9.17, 15) is 4.79 Å². The third kappa shape index (κ3) is 3.35. The Morgan fingerprint density at radius 1 is 1.26 bits per heavy atom. The van der Waals surface area contributed by atoms with Gasteiger partial charge in [0.1, 0.15) is 11.5 Å². The van der Waals surface area contributed by atoms with Crippen LogP contribution in [0.5, 0.6) is 11.5 Å². The summed E-state index contributed by atoms with van der Waals surface area (Å²) in [4.78, 5) is 12.0. The zero-order chi connectivity index (χ0) is 17.2. The van der Waals surface area contributed by atoms with Crippen LogP contribution in [0.25, 0.3) is 0 Å². The van der Waals surface area contributed by atoms with Crippen LogP contribution < -0.4 is 9.47 Å². The summed E-state index contributed by atoms with van der Waals surface area (Å²) in [5, 5.41) is 9.17. The molecule has 0 amide bonds. The van der Waals surface area contributed by atoms with Gasteiger partial charge in [-0.1, -0.05) is 13.8 Å². The highest BCUT2D eigenvalue weighted by Crippen LogP contribution is 2.48. The quantitative estimate of drug-likeness (QED) is 0.496. The average molecular weight is 322 g/mol. The standard InChI is InChI=1S/C18H26O5/c1-11-13(7-6-8-19)16(22-10-21-5)12(2)15-17(11)23-14(20)9-18(15,3)4/h19H,6-10H2,1-5H3. The molecule has 5 nitrogen and oxygen atoms in total. The first-order valence-corrected chi connectivity index (χ1v) is 7.93. The summed E-state index contributed by atoms with van der Waals surface area (Å²) >= 11 is 0. The summed E-state index contributed by atoms with van der Waals surface area (Å²) < 4.78 is 16.5. The number of fused-ring (bicyclic) bond motifs is 1. The molecule has 0 saturated carbocycles. The zero-order valence-electron chi connectivity index (χ0n) is 14.6. The van der Waals surface area contributed by atoms with E-state index in [1.807, 2.05) is 27.7 Å². The molecule has 0 aromatic heterocycles. The van der Waals surface area contributed by atoms with E-state index in [4.69, 9.17) is 19.3 Å². The minimum absolute atomic E-state index is 0.102. The second-order valence-corrected chi connectivity index (χ2v) is 6.67. The summed E-state index contributed by atoms with van der Waals surface area (Å²) in [6, 6.07) is 0. The van der Waals surface area contributed by atoms with Crippen molar-refractivity contribution in [3.63, 3.8) is 0 Å². The van der Waals surface area contributed by atoms with Crippen molar-refractivity contribution in [2.75, 3.05) is 20.5 Å². The Bertz CT molecular complexity index is 604. The molecule has 0 unspecified atom stereocenters. The maximum Gasteiger partial charge on any atom is 0.312 e. The summed E-state index contributed by atoms with van der Waals surface area (Å²) in [6.07, 6.45) is 1.63. The largest absolute Gasteiger partial charge is 0.467 e. The molecule has 0 spiro atoms. The van der Waals surface area contributed by atoms with Gasteiger partial charge in [-0.15, -0.1) is 0 Å². The van der Waals surface area contributed by atoms with Gasteiger partial charge in [-0.05, 0) is 37.8 Å². The maximum atomic E-state index is 12.0. The fraction of sp³-hybridized carbons (Fsp3) is 0.611. The number of carbonyl (C=O) groups is 1. The normalized spacial score (nSPS) is 16.0. The van der Waals surface area contributed by atoms with Crippen LogP contribution in [0, 0.1) is 13.8 Å². The minimum Gasteiger partial charge on any atom is -0.467 e. The number of aliphatic hydroxyl groups excluding tert-OH is 1. The van der Waals surface area contributed by atoms with E-state index in [1.165, 1.54) is 0 Å². The molecule has 1 aliphatic rings. The van der Waals surface area contributed by atoms with Gasteiger partial charge in [-0.3, -0.25) is 4.79 Å². The maximum absolute atomic E-state index is 12.0. The third-order valence-corrected chi connectivity index (χ3v) is 4.39. The van der Waals surface area contributed by atoms with Crippen molar-refractivity contribution in [2.24, 2.45) is 0 Å². The molecule has 1 heterocycles. The van der Waals surface area contributed by atoms with Crippen molar-refractivity contribution in [3.05, 3.63) is 22.3 Å². The monoisotopic (exact) mass is 322 g/mol. The predicted octanol–water partition coefficient (Wildman–Crippen LogP) is 2.80. The van der Waals surface area contributed by atoms with Crippen LogP contribution in [0.2, 0.25) is 0 Å². The summed E-state index contributed by atoms with van der Waals surface area (Å²) in [5.74, 6) is 1.23. The molecule has 1 aromatic rings. The van der Waals surface area contributed by atoms with Gasteiger partial charge in [-0.25, -0.2) is 0 Å². The number of rotatable bonds is 6. The highest BCUT2D eigenvalue weighted by molar-refractivity contribution is 5.80. The molecule has 23 heavy (non-hydrogen) atoms. The Balaban J connectivity index is 2.66. The first kappa shape index (κ1) is 17.8. The van der Waals surface area contributed by atoms with Gasteiger partial charge in [0.05, 0.1) is 6.42 Å². The van der Waals surface area contributed by atoms with Gasteiger partial charge in [-0.2, -0.15) is 0 Å². The fourth-order valence-corrected chi connectivity index (χ4v) is 3.42. The molecule has 0 atom stereocenters. The fourth-order valence-electron chi connectivity index (χ4n) is 3.42. The SMILES string of the molecule is COCOc1c(C)c2c(c(C)c1CCCO)OC(=O)CC2(C)C. The van der Waals surface area contributed by atoms with Crippen LogP contribution in [0.1, 0.15) is 48.9 Å². The lowest BCUT2D eigenvalue weighted by atomic mass is 9.75. The number of carbonyl (C=O) groups excluding carboxylic acids is 1. The van der Waals surface area contributed by atoms with E-state index in [1.54, 1.807) is 7.11 Å². The lowest BCUT2D eigenvalue weighted by Gasteiger charge is -2.35. The Morgan fingerprint density at radius 3 is 2.57 bits per heavy atom. The Morgan fingerprint density at radius 2 is 1.96 bits per heavy atom. The highest BCUT2D eigenvalue weighted by atomic mass is 16.7. The number of ether oxygens (including phenoxy) is 3. The van der Waals surface area contributed by atoms with E-state index in [2.05, 4.69) is 0 Å². The van der Waals surface area contributed by atoms with Crippen molar-refractivity contribution in [1.29, 1.82) is 0 Å². The molecule has 0 radical (unpaired) electrons. The highest BCUT2D eigenvalue weighted by Gasteiger charge is 2.38. The van der Waals surface area contributed by atoms with E-state index in [-0.39, 0.29) is 24.8 Å². The molecule has 2 rings (SSSR count). The first-order valence-electron chi connectivity index (χ1n) is 7.93. The van der Waals surface area contributed by atoms with Crippen LogP contribution in [0.3, 0.4) is 0 Å². The van der Waals surface area contributed by atoms with E-state index < -0.39 is 0 Å². The zero-order valence-corrected chi connectivity index (χ0v) is 14.6. The van der Waals surface area contributed by atoms with Crippen molar-refractivity contribution < 1.29 is 24.1 Å². The molecule has 1 N–H and O–H groups in total. The molecule has 128 valence electrons. The number of benzene rings is 1. The summed E-state index contributed by atoms with van der Waals surface area (Å²) in [6.45, 7) is 8.29. The lowest BCUT2D eigenvalue weighted by molar-refractivity contribution is -0.137. The van der Waals surface area contributed by atoms with Gasteiger partial charge in [0.2, 0.25) is 0 Å². The Labute approximate surface area is 137 Å². The van der Waals surface area contributed by atoms with Crippen LogP contribution in [-0.2, 0) is 21.4 Å². The van der Waals surface area contributed by atoms with Crippen LogP contribution in [0.4, 0.5) is 0 Å². The molecule has 1 aliphatic heterocycles. The number of hydrogen-bond donors (Lipinski definition) is 1. The smallest absolute Gasteiger partial charge is 0.312 e. The molecule has 0 fully saturated rings.